The standard InChI is InChI=1S/C14H23N/c1-4-13(5-2)11-15(3)12-14-9-7-6-8-10-14/h6-10,13H,4-5,11-12H2,1-3H3. The van der Waals surface area contributed by atoms with Crippen molar-refractivity contribution in [2.75, 3.05) is 13.6 Å². The third-order valence-corrected chi connectivity index (χ3v) is 3.02. The molecule has 0 spiro atoms. The van der Waals surface area contributed by atoms with Gasteiger partial charge in [0.25, 0.3) is 0 Å². The molecule has 1 aromatic carbocycles. The topological polar surface area (TPSA) is 3.24 Å². The molecule has 0 fully saturated rings. The lowest BCUT2D eigenvalue weighted by atomic mass is 10.0. The number of nitrogens with zero attached hydrogens (tertiary/aromatic N) is 1. The number of benzene rings is 1. The summed E-state index contributed by atoms with van der Waals surface area (Å²) >= 11 is 0. The first-order valence-corrected chi connectivity index (χ1v) is 5.98. The molecule has 0 aliphatic rings. The Morgan fingerprint density at radius 1 is 1.07 bits per heavy atom. The molecule has 0 heterocycles. The minimum atomic E-state index is 0.846. The SMILES string of the molecule is CCC(CC)CN(C)Cc1ccccc1. The van der Waals surface area contributed by atoms with Crippen LogP contribution in [0.5, 0.6) is 0 Å². The molecule has 0 bridgehead atoms. The average Bonchev–Trinajstić information content (AvgIpc) is 2.27. The van der Waals surface area contributed by atoms with Crippen LogP contribution in [0.4, 0.5) is 0 Å². The fourth-order valence-electron chi connectivity index (χ4n) is 1.95. The van der Waals surface area contributed by atoms with Crippen LogP contribution in [0.2, 0.25) is 0 Å². The maximum atomic E-state index is 2.42. The molecule has 0 saturated carbocycles. The third-order valence-electron chi connectivity index (χ3n) is 3.02. The Morgan fingerprint density at radius 2 is 1.67 bits per heavy atom. The van der Waals surface area contributed by atoms with Crippen molar-refractivity contribution in [1.82, 2.24) is 4.90 Å². The Hall–Kier alpha value is -0.820. The lowest BCUT2D eigenvalue weighted by Gasteiger charge is -2.22. The molecular weight excluding hydrogens is 182 g/mol. The van der Waals surface area contributed by atoms with Crippen LogP contribution in [0.1, 0.15) is 32.3 Å². The predicted octanol–water partition coefficient (Wildman–Crippen LogP) is 3.55. The van der Waals surface area contributed by atoms with Crippen molar-refractivity contribution in [3.05, 3.63) is 35.9 Å². The highest BCUT2D eigenvalue weighted by molar-refractivity contribution is 5.14. The summed E-state index contributed by atoms with van der Waals surface area (Å²) in [5, 5.41) is 0. The van der Waals surface area contributed by atoms with Gasteiger partial charge in [-0.25, -0.2) is 0 Å². The molecule has 0 atom stereocenters. The smallest absolute Gasteiger partial charge is 0.0230 e. The van der Waals surface area contributed by atoms with E-state index in [1.807, 2.05) is 0 Å². The van der Waals surface area contributed by atoms with Gasteiger partial charge in [-0.15, -0.1) is 0 Å². The van der Waals surface area contributed by atoms with Gasteiger partial charge in [0, 0.05) is 13.1 Å². The molecule has 0 amide bonds. The number of hydrogen-bond acceptors (Lipinski definition) is 1. The number of rotatable bonds is 6. The van der Waals surface area contributed by atoms with Crippen LogP contribution in [0, 0.1) is 5.92 Å². The number of hydrogen-bond donors (Lipinski definition) is 0. The molecule has 0 aliphatic heterocycles. The Kier molecular flexibility index (Phi) is 5.41. The maximum absolute atomic E-state index is 2.42. The average molecular weight is 205 g/mol. The summed E-state index contributed by atoms with van der Waals surface area (Å²) in [6.07, 6.45) is 2.57. The summed E-state index contributed by atoms with van der Waals surface area (Å²) < 4.78 is 0. The minimum absolute atomic E-state index is 0.846. The van der Waals surface area contributed by atoms with Crippen molar-refractivity contribution < 1.29 is 0 Å². The first kappa shape index (κ1) is 12.3. The zero-order chi connectivity index (χ0) is 11.1. The first-order chi connectivity index (χ1) is 7.26. The zero-order valence-electron chi connectivity index (χ0n) is 10.2. The van der Waals surface area contributed by atoms with E-state index in [9.17, 15) is 0 Å². The van der Waals surface area contributed by atoms with Gasteiger partial charge in [-0.1, -0.05) is 57.0 Å². The second kappa shape index (κ2) is 6.62. The molecule has 0 N–H and O–H groups in total. The summed E-state index contributed by atoms with van der Waals surface area (Å²) in [5.74, 6) is 0.846. The van der Waals surface area contributed by atoms with Gasteiger partial charge in [-0.05, 0) is 18.5 Å². The Morgan fingerprint density at radius 3 is 2.20 bits per heavy atom. The van der Waals surface area contributed by atoms with Crippen LogP contribution >= 0.6 is 0 Å². The fraction of sp³-hybridized carbons (Fsp3) is 0.571. The van der Waals surface area contributed by atoms with E-state index in [2.05, 4.69) is 56.1 Å². The monoisotopic (exact) mass is 205 g/mol. The van der Waals surface area contributed by atoms with Crippen molar-refractivity contribution in [1.29, 1.82) is 0 Å². The molecule has 15 heavy (non-hydrogen) atoms. The molecule has 0 aliphatic carbocycles. The zero-order valence-corrected chi connectivity index (χ0v) is 10.2. The molecule has 1 rings (SSSR count). The summed E-state index contributed by atoms with van der Waals surface area (Å²) in [6.45, 7) is 6.84. The van der Waals surface area contributed by atoms with Gasteiger partial charge in [0.1, 0.15) is 0 Å². The molecule has 0 unspecified atom stereocenters. The molecule has 1 aromatic rings. The molecule has 1 nitrogen and oxygen atoms in total. The van der Waals surface area contributed by atoms with Gasteiger partial charge < -0.3 is 4.90 Å². The van der Waals surface area contributed by atoms with E-state index in [0.29, 0.717) is 0 Å². The summed E-state index contributed by atoms with van der Waals surface area (Å²) in [5.41, 5.74) is 1.41. The maximum Gasteiger partial charge on any atom is 0.0230 e. The molecule has 0 saturated heterocycles. The molecule has 84 valence electrons. The second-order valence-corrected chi connectivity index (χ2v) is 4.36. The molecule has 0 aromatic heterocycles. The Balaban J connectivity index is 2.39. The van der Waals surface area contributed by atoms with E-state index in [4.69, 9.17) is 0 Å². The Labute approximate surface area is 94.1 Å². The van der Waals surface area contributed by atoms with Gasteiger partial charge in [-0.3, -0.25) is 0 Å². The van der Waals surface area contributed by atoms with Crippen LogP contribution in [0.3, 0.4) is 0 Å². The van der Waals surface area contributed by atoms with Gasteiger partial charge >= 0.3 is 0 Å². The van der Waals surface area contributed by atoms with Crippen molar-refractivity contribution in [2.45, 2.75) is 33.2 Å². The van der Waals surface area contributed by atoms with Crippen LogP contribution < -0.4 is 0 Å². The van der Waals surface area contributed by atoms with Gasteiger partial charge in [-0.2, -0.15) is 0 Å². The van der Waals surface area contributed by atoms with Crippen LogP contribution in [-0.4, -0.2) is 18.5 Å². The summed E-state index contributed by atoms with van der Waals surface area (Å²) in [4.78, 5) is 2.42. The summed E-state index contributed by atoms with van der Waals surface area (Å²) in [6, 6.07) is 10.7. The largest absolute Gasteiger partial charge is 0.302 e. The fourth-order valence-corrected chi connectivity index (χ4v) is 1.95. The van der Waals surface area contributed by atoms with Crippen molar-refractivity contribution in [3.8, 4) is 0 Å². The van der Waals surface area contributed by atoms with E-state index in [0.717, 1.165) is 12.5 Å². The van der Waals surface area contributed by atoms with Crippen molar-refractivity contribution in [2.24, 2.45) is 5.92 Å². The van der Waals surface area contributed by atoms with Gasteiger partial charge in [0.05, 0.1) is 0 Å². The highest BCUT2D eigenvalue weighted by Gasteiger charge is 2.07. The Bertz CT molecular complexity index is 251. The van der Waals surface area contributed by atoms with Crippen molar-refractivity contribution >= 4 is 0 Å². The van der Waals surface area contributed by atoms with E-state index in [-0.39, 0.29) is 0 Å². The molecular formula is C14H23N. The lowest BCUT2D eigenvalue weighted by molar-refractivity contribution is 0.260. The van der Waals surface area contributed by atoms with Gasteiger partial charge in [0.15, 0.2) is 0 Å². The highest BCUT2D eigenvalue weighted by Crippen LogP contribution is 2.11. The normalized spacial score (nSPS) is 11.3. The molecule has 0 radical (unpaired) electrons. The minimum Gasteiger partial charge on any atom is -0.302 e. The van der Waals surface area contributed by atoms with E-state index in [1.165, 1.54) is 24.9 Å². The van der Waals surface area contributed by atoms with Crippen LogP contribution in [0.25, 0.3) is 0 Å². The van der Waals surface area contributed by atoms with Crippen molar-refractivity contribution in [3.63, 3.8) is 0 Å². The predicted molar refractivity (Wildman–Crippen MR) is 66.8 cm³/mol. The highest BCUT2D eigenvalue weighted by atomic mass is 15.1. The first-order valence-electron chi connectivity index (χ1n) is 5.98. The quantitative estimate of drug-likeness (QED) is 0.686. The van der Waals surface area contributed by atoms with Crippen LogP contribution in [-0.2, 0) is 6.54 Å². The van der Waals surface area contributed by atoms with E-state index < -0.39 is 0 Å². The van der Waals surface area contributed by atoms with E-state index >= 15 is 0 Å². The lowest BCUT2D eigenvalue weighted by Crippen LogP contribution is -2.24. The van der Waals surface area contributed by atoms with E-state index in [1.54, 1.807) is 0 Å². The summed E-state index contributed by atoms with van der Waals surface area (Å²) in [7, 11) is 2.21. The van der Waals surface area contributed by atoms with Gasteiger partial charge in [0.2, 0.25) is 0 Å². The second-order valence-electron chi connectivity index (χ2n) is 4.36. The third kappa shape index (κ3) is 4.48. The van der Waals surface area contributed by atoms with Crippen LogP contribution in [0.15, 0.2) is 30.3 Å². The molecule has 1 heteroatoms.